The molecule has 0 aromatic heterocycles. The molecule has 4 saturated heterocycles. The van der Waals surface area contributed by atoms with Crippen LogP contribution in [0.5, 0.6) is 0 Å². The Bertz CT molecular complexity index is 418. The first kappa shape index (κ1) is 14.3. The number of aliphatic carboxylic acids is 1. The van der Waals surface area contributed by atoms with Gasteiger partial charge in [-0.2, -0.15) is 11.8 Å². The second kappa shape index (κ2) is 5.43. The predicted octanol–water partition coefficient (Wildman–Crippen LogP) is 2.37. The highest BCUT2D eigenvalue weighted by Crippen LogP contribution is 2.47. The largest absolute Gasteiger partial charge is 0.481 e. The first-order valence-corrected chi connectivity index (χ1v) is 9.56. The molecule has 0 aliphatic carbocycles. The van der Waals surface area contributed by atoms with Crippen LogP contribution < -0.4 is 0 Å². The summed E-state index contributed by atoms with van der Waals surface area (Å²) in [6, 6.07) is 1.38. The summed E-state index contributed by atoms with van der Waals surface area (Å²) in [5.41, 5.74) is 0.106. The summed E-state index contributed by atoms with van der Waals surface area (Å²) in [6.45, 7) is 0.864. The van der Waals surface area contributed by atoms with Gasteiger partial charge in [0.1, 0.15) is 0 Å². The lowest BCUT2D eigenvalue weighted by Crippen LogP contribution is -2.52. The summed E-state index contributed by atoms with van der Waals surface area (Å²) in [5.74, 6) is 1.74. The van der Waals surface area contributed by atoms with E-state index in [0.717, 1.165) is 32.3 Å². The normalized spacial score (nSPS) is 42.5. The number of hydrogen-bond acceptors (Lipinski definition) is 4. The smallest absolute Gasteiger partial charge is 0.308 e. The van der Waals surface area contributed by atoms with E-state index in [4.69, 9.17) is 4.74 Å². The van der Waals surface area contributed by atoms with Gasteiger partial charge in [0, 0.05) is 24.7 Å². The number of thioether (sulfide) groups is 1. The van der Waals surface area contributed by atoms with E-state index in [-0.39, 0.29) is 11.5 Å². The van der Waals surface area contributed by atoms with E-state index in [1.807, 2.05) is 11.8 Å². The average molecular weight is 311 g/mol. The van der Waals surface area contributed by atoms with Crippen LogP contribution in [0.15, 0.2) is 0 Å². The molecule has 0 aromatic rings. The zero-order valence-electron chi connectivity index (χ0n) is 12.5. The van der Waals surface area contributed by atoms with E-state index in [1.165, 1.54) is 30.8 Å². The summed E-state index contributed by atoms with van der Waals surface area (Å²) in [4.78, 5) is 14.1. The molecule has 4 fully saturated rings. The maximum Gasteiger partial charge on any atom is 0.308 e. The number of nitrogens with zero attached hydrogens (tertiary/aromatic N) is 1. The van der Waals surface area contributed by atoms with E-state index < -0.39 is 5.97 Å². The maximum absolute atomic E-state index is 11.5. The molecular weight excluding hydrogens is 286 g/mol. The molecule has 4 aliphatic heterocycles. The van der Waals surface area contributed by atoms with Gasteiger partial charge in [-0.3, -0.25) is 9.69 Å². The minimum Gasteiger partial charge on any atom is -0.481 e. The van der Waals surface area contributed by atoms with Gasteiger partial charge >= 0.3 is 5.97 Å². The van der Waals surface area contributed by atoms with Gasteiger partial charge in [-0.1, -0.05) is 0 Å². The monoisotopic (exact) mass is 311 g/mol. The molecule has 0 amide bonds. The minimum atomic E-state index is -0.581. The zero-order valence-corrected chi connectivity index (χ0v) is 13.3. The molecule has 1 spiro atoms. The Labute approximate surface area is 130 Å². The first-order valence-electron chi connectivity index (χ1n) is 8.40. The van der Waals surface area contributed by atoms with Crippen molar-refractivity contribution >= 4 is 17.7 Å². The number of hydrogen-bond donors (Lipinski definition) is 1. The van der Waals surface area contributed by atoms with E-state index in [1.54, 1.807) is 0 Å². The van der Waals surface area contributed by atoms with Gasteiger partial charge in [0.15, 0.2) is 0 Å². The Balaban J connectivity index is 1.50. The third-order valence-electron chi connectivity index (χ3n) is 6.20. The Morgan fingerprint density at radius 3 is 2.71 bits per heavy atom. The lowest BCUT2D eigenvalue weighted by Gasteiger charge is -2.47. The fourth-order valence-electron chi connectivity index (χ4n) is 5.21. The number of fused-ring (bicyclic) bond motifs is 2. The van der Waals surface area contributed by atoms with Crippen molar-refractivity contribution in [1.82, 2.24) is 4.90 Å². The van der Waals surface area contributed by atoms with Crippen molar-refractivity contribution in [1.29, 1.82) is 0 Å². The molecule has 1 N–H and O–H groups in total. The van der Waals surface area contributed by atoms with Crippen LogP contribution >= 0.6 is 11.8 Å². The molecular formula is C16H25NO3S. The van der Waals surface area contributed by atoms with Crippen LogP contribution in [0.3, 0.4) is 0 Å². The Morgan fingerprint density at radius 1 is 1.19 bits per heavy atom. The van der Waals surface area contributed by atoms with Crippen LogP contribution in [0.1, 0.15) is 44.9 Å². The molecule has 4 heterocycles. The van der Waals surface area contributed by atoms with Crippen molar-refractivity contribution in [3.05, 3.63) is 0 Å². The molecule has 0 radical (unpaired) electrons. The number of ether oxygens (including phenoxy) is 1. The van der Waals surface area contributed by atoms with Gasteiger partial charge in [0.05, 0.1) is 11.5 Å². The highest BCUT2D eigenvalue weighted by Gasteiger charge is 2.53. The topological polar surface area (TPSA) is 49.8 Å². The molecule has 4 atom stereocenters. The first-order chi connectivity index (χ1) is 10.2. The lowest BCUT2D eigenvalue weighted by molar-refractivity contribution is -0.143. The quantitative estimate of drug-likeness (QED) is 0.848. The van der Waals surface area contributed by atoms with Crippen molar-refractivity contribution in [2.24, 2.45) is 5.92 Å². The SMILES string of the molecule is O=C(O)C1CC2CCC1N2C1CCOC2(CCSCC2)C1. The van der Waals surface area contributed by atoms with Gasteiger partial charge in [0.25, 0.3) is 0 Å². The Hall–Kier alpha value is -0.260. The van der Waals surface area contributed by atoms with Crippen molar-refractivity contribution in [2.45, 2.75) is 68.7 Å². The highest BCUT2D eigenvalue weighted by atomic mass is 32.2. The molecule has 4 nitrogen and oxygen atoms in total. The fraction of sp³-hybridized carbons (Fsp3) is 0.938. The minimum absolute atomic E-state index is 0.106. The Kier molecular flexibility index (Phi) is 3.71. The fourth-order valence-corrected chi connectivity index (χ4v) is 6.45. The van der Waals surface area contributed by atoms with Crippen molar-refractivity contribution in [3.63, 3.8) is 0 Å². The number of carboxylic acids is 1. The summed E-state index contributed by atoms with van der Waals surface area (Å²) < 4.78 is 6.21. The van der Waals surface area contributed by atoms with Gasteiger partial charge in [-0.25, -0.2) is 0 Å². The van der Waals surface area contributed by atoms with Crippen molar-refractivity contribution < 1.29 is 14.6 Å². The molecule has 5 heteroatoms. The molecule has 4 aliphatic rings. The van der Waals surface area contributed by atoms with Gasteiger partial charge in [0.2, 0.25) is 0 Å². The molecule has 0 saturated carbocycles. The number of rotatable bonds is 2. The van der Waals surface area contributed by atoms with Gasteiger partial charge in [-0.15, -0.1) is 0 Å². The third-order valence-corrected chi connectivity index (χ3v) is 7.19. The van der Waals surface area contributed by atoms with E-state index >= 15 is 0 Å². The van der Waals surface area contributed by atoms with Crippen LogP contribution in [-0.2, 0) is 9.53 Å². The molecule has 21 heavy (non-hydrogen) atoms. The second-order valence-corrected chi connectivity index (χ2v) is 8.44. The molecule has 4 unspecified atom stereocenters. The Morgan fingerprint density at radius 2 is 2.00 bits per heavy atom. The van der Waals surface area contributed by atoms with Gasteiger partial charge < -0.3 is 9.84 Å². The summed E-state index contributed by atoms with van der Waals surface area (Å²) in [5, 5.41) is 9.44. The van der Waals surface area contributed by atoms with E-state index in [0.29, 0.717) is 18.1 Å². The molecule has 118 valence electrons. The number of carbonyl (C=O) groups is 1. The van der Waals surface area contributed by atoms with Crippen molar-refractivity contribution in [3.8, 4) is 0 Å². The average Bonchev–Trinajstić information content (AvgIpc) is 3.06. The zero-order chi connectivity index (χ0) is 14.4. The van der Waals surface area contributed by atoms with Crippen LogP contribution in [0.2, 0.25) is 0 Å². The molecule has 2 bridgehead atoms. The number of carboxylic acid groups (broad SMARTS) is 1. The van der Waals surface area contributed by atoms with Crippen molar-refractivity contribution in [2.75, 3.05) is 18.1 Å². The van der Waals surface area contributed by atoms with E-state index in [2.05, 4.69) is 4.90 Å². The second-order valence-electron chi connectivity index (χ2n) is 7.22. The standard InChI is InChI=1S/C16H25NO3S/c18-15(19)13-9-11-1-2-14(13)17(11)12-3-6-20-16(10-12)4-7-21-8-5-16/h11-14H,1-10H2,(H,18,19). The predicted molar refractivity (Wildman–Crippen MR) is 82.7 cm³/mol. The van der Waals surface area contributed by atoms with Crippen LogP contribution in [0.4, 0.5) is 0 Å². The van der Waals surface area contributed by atoms with Gasteiger partial charge in [-0.05, 0) is 56.5 Å². The van der Waals surface area contributed by atoms with E-state index in [9.17, 15) is 9.90 Å². The van der Waals surface area contributed by atoms with Crippen LogP contribution in [0.25, 0.3) is 0 Å². The van der Waals surface area contributed by atoms with Crippen LogP contribution in [-0.4, -0.2) is 57.8 Å². The molecule has 0 aromatic carbocycles. The summed E-state index contributed by atoms with van der Waals surface area (Å²) >= 11 is 2.04. The summed E-state index contributed by atoms with van der Waals surface area (Å²) in [6.07, 6.45) is 7.75. The third kappa shape index (κ3) is 2.41. The summed E-state index contributed by atoms with van der Waals surface area (Å²) in [7, 11) is 0. The maximum atomic E-state index is 11.5. The highest BCUT2D eigenvalue weighted by molar-refractivity contribution is 7.99. The lowest BCUT2D eigenvalue weighted by atomic mass is 9.84. The van der Waals surface area contributed by atoms with Crippen LogP contribution in [0, 0.1) is 5.92 Å². The molecule has 4 rings (SSSR count).